The summed E-state index contributed by atoms with van der Waals surface area (Å²) in [7, 11) is -3.50. The summed E-state index contributed by atoms with van der Waals surface area (Å²) in [6, 6.07) is 2.03. The number of aryl methyl sites for hydroxylation is 2. The molecule has 0 amide bonds. The van der Waals surface area contributed by atoms with Crippen LogP contribution in [0.1, 0.15) is 35.6 Å². The van der Waals surface area contributed by atoms with E-state index in [1.807, 2.05) is 40.7 Å². The Balaban J connectivity index is 2.51. The van der Waals surface area contributed by atoms with Gasteiger partial charge in [-0.15, -0.1) is 0 Å². The Morgan fingerprint density at radius 2 is 1.67 bits per heavy atom. The molecule has 118 valence electrons. The lowest BCUT2D eigenvalue weighted by atomic mass is 9.99. The second kappa shape index (κ2) is 5.71. The first-order valence-electron chi connectivity index (χ1n) is 7.42. The summed E-state index contributed by atoms with van der Waals surface area (Å²) in [5.74, 6) is -0.0277. The molecule has 0 spiro atoms. The first-order chi connectivity index (χ1) is 9.66. The van der Waals surface area contributed by atoms with Crippen LogP contribution in [0.5, 0.6) is 0 Å². The summed E-state index contributed by atoms with van der Waals surface area (Å²) < 4.78 is 27.6. The number of piperidine rings is 1. The number of aliphatic hydroxyl groups excluding tert-OH is 1. The third-order valence-electron chi connectivity index (χ3n) is 4.72. The molecule has 2 atom stereocenters. The highest BCUT2D eigenvalue weighted by Crippen LogP contribution is 2.31. The smallest absolute Gasteiger partial charge is 0.243 e. The van der Waals surface area contributed by atoms with Gasteiger partial charge in [-0.1, -0.05) is 13.0 Å². The van der Waals surface area contributed by atoms with Crippen molar-refractivity contribution in [3.8, 4) is 0 Å². The zero-order chi connectivity index (χ0) is 15.9. The fraction of sp³-hybridized carbons (Fsp3) is 0.625. The van der Waals surface area contributed by atoms with E-state index in [-0.39, 0.29) is 5.92 Å². The molecule has 1 fully saturated rings. The number of aliphatic hydroxyl groups is 1. The van der Waals surface area contributed by atoms with Crippen molar-refractivity contribution in [1.29, 1.82) is 0 Å². The summed E-state index contributed by atoms with van der Waals surface area (Å²) in [4.78, 5) is 0.448. The van der Waals surface area contributed by atoms with Gasteiger partial charge in [0.25, 0.3) is 0 Å². The van der Waals surface area contributed by atoms with E-state index >= 15 is 0 Å². The standard InChI is InChI=1S/C16H25NO3S/c1-10-8-11(2)14(5)16(13(10)4)21(19,20)17-7-6-15(18)12(3)9-17/h8,12,15,18H,6-7,9H2,1-5H3. The summed E-state index contributed by atoms with van der Waals surface area (Å²) >= 11 is 0. The maximum Gasteiger partial charge on any atom is 0.243 e. The van der Waals surface area contributed by atoms with Crippen LogP contribution in [0.4, 0.5) is 0 Å². The van der Waals surface area contributed by atoms with Crippen LogP contribution in [-0.2, 0) is 10.0 Å². The number of benzene rings is 1. The maximum absolute atomic E-state index is 13.0. The van der Waals surface area contributed by atoms with E-state index < -0.39 is 16.1 Å². The molecule has 1 aromatic carbocycles. The highest BCUT2D eigenvalue weighted by Gasteiger charge is 2.34. The lowest BCUT2D eigenvalue weighted by Crippen LogP contribution is -2.45. The summed E-state index contributed by atoms with van der Waals surface area (Å²) in [5.41, 5.74) is 3.66. The molecule has 0 saturated carbocycles. The van der Waals surface area contributed by atoms with E-state index in [0.29, 0.717) is 24.4 Å². The van der Waals surface area contributed by atoms with Gasteiger partial charge in [0.15, 0.2) is 0 Å². The van der Waals surface area contributed by atoms with Crippen LogP contribution in [0, 0.1) is 33.6 Å². The van der Waals surface area contributed by atoms with Gasteiger partial charge >= 0.3 is 0 Å². The molecular formula is C16H25NO3S. The zero-order valence-corrected chi connectivity index (χ0v) is 14.3. The Hall–Kier alpha value is -0.910. The van der Waals surface area contributed by atoms with Crippen molar-refractivity contribution in [3.05, 3.63) is 28.3 Å². The maximum atomic E-state index is 13.0. The van der Waals surface area contributed by atoms with Crippen LogP contribution in [0.15, 0.2) is 11.0 Å². The van der Waals surface area contributed by atoms with Gasteiger partial charge in [-0.2, -0.15) is 4.31 Å². The fourth-order valence-electron chi connectivity index (χ4n) is 3.01. The number of hydrogen-bond donors (Lipinski definition) is 1. The summed E-state index contributed by atoms with van der Waals surface area (Å²) in [6.07, 6.45) is 0.0985. The quantitative estimate of drug-likeness (QED) is 0.912. The molecule has 4 nitrogen and oxygen atoms in total. The van der Waals surface area contributed by atoms with Gasteiger partial charge in [0, 0.05) is 13.1 Å². The molecule has 1 heterocycles. The van der Waals surface area contributed by atoms with Crippen molar-refractivity contribution in [2.75, 3.05) is 13.1 Å². The normalized spacial score (nSPS) is 24.3. The van der Waals surface area contributed by atoms with Gasteiger partial charge < -0.3 is 5.11 Å². The van der Waals surface area contributed by atoms with Crippen molar-refractivity contribution in [2.24, 2.45) is 5.92 Å². The molecule has 0 bridgehead atoms. The second-order valence-corrected chi connectivity index (χ2v) is 8.16. The molecular weight excluding hydrogens is 286 g/mol. The molecule has 0 aliphatic carbocycles. The largest absolute Gasteiger partial charge is 0.393 e. The van der Waals surface area contributed by atoms with Crippen LogP contribution in [-0.4, -0.2) is 37.0 Å². The predicted octanol–water partition coefficient (Wildman–Crippen LogP) is 2.31. The van der Waals surface area contributed by atoms with Crippen LogP contribution in [0.3, 0.4) is 0 Å². The van der Waals surface area contributed by atoms with Crippen molar-refractivity contribution < 1.29 is 13.5 Å². The lowest BCUT2D eigenvalue weighted by molar-refractivity contribution is 0.0628. The Labute approximate surface area is 127 Å². The van der Waals surface area contributed by atoms with Gasteiger partial charge in [0.2, 0.25) is 10.0 Å². The average molecular weight is 311 g/mol. The molecule has 0 radical (unpaired) electrons. The molecule has 1 aliphatic heterocycles. The third-order valence-corrected chi connectivity index (χ3v) is 6.86. The average Bonchev–Trinajstić information content (AvgIpc) is 2.39. The van der Waals surface area contributed by atoms with Crippen molar-refractivity contribution in [1.82, 2.24) is 4.31 Å². The van der Waals surface area contributed by atoms with Gasteiger partial charge in [0.05, 0.1) is 11.0 Å². The molecule has 2 rings (SSSR count). The SMILES string of the molecule is Cc1cc(C)c(C)c(S(=O)(=O)N2CCC(O)C(C)C2)c1C. The summed E-state index contributed by atoms with van der Waals surface area (Å²) in [6.45, 7) is 10.3. The topological polar surface area (TPSA) is 57.6 Å². The zero-order valence-electron chi connectivity index (χ0n) is 13.5. The monoisotopic (exact) mass is 311 g/mol. The Kier molecular flexibility index (Phi) is 4.47. The van der Waals surface area contributed by atoms with Gasteiger partial charge in [-0.05, 0) is 62.3 Å². The minimum atomic E-state index is -3.50. The number of sulfonamides is 1. The van der Waals surface area contributed by atoms with E-state index in [9.17, 15) is 13.5 Å². The first kappa shape index (κ1) is 16.5. The third kappa shape index (κ3) is 2.87. The van der Waals surface area contributed by atoms with Crippen molar-refractivity contribution in [3.63, 3.8) is 0 Å². The number of hydrogen-bond acceptors (Lipinski definition) is 3. The van der Waals surface area contributed by atoms with Crippen LogP contribution < -0.4 is 0 Å². The van der Waals surface area contributed by atoms with E-state index in [4.69, 9.17) is 0 Å². The number of nitrogens with zero attached hydrogens (tertiary/aromatic N) is 1. The summed E-state index contributed by atoms with van der Waals surface area (Å²) in [5, 5.41) is 9.81. The second-order valence-electron chi connectivity index (χ2n) is 6.29. The Bertz CT molecular complexity index is 626. The molecule has 0 aromatic heterocycles. The number of rotatable bonds is 2. The van der Waals surface area contributed by atoms with Gasteiger partial charge in [0.1, 0.15) is 0 Å². The van der Waals surface area contributed by atoms with E-state index in [0.717, 1.165) is 22.3 Å². The molecule has 1 aliphatic rings. The molecule has 1 aromatic rings. The van der Waals surface area contributed by atoms with Crippen molar-refractivity contribution in [2.45, 2.75) is 52.0 Å². The fourth-order valence-corrected chi connectivity index (χ4v) is 5.14. The van der Waals surface area contributed by atoms with Crippen LogP contribution in [0.2, 0.25) is 0 Å². The van der Waals surface area contributed by atoms with Gasteiger partial charge in [-0.3, -0.25) is 0 Å². The molecule has 21 heavy (non-hydrogen) atoms. The molecule has 1 N–H and O–H groups in total. The van der Waals surface area contributed by atoms with Crippen LogP contribution in [0.25, 0.3) is 0 Å². The minimum Gasteiger partial charge on any atom is -0.393 e. The molecule has 1 saturated heterocycles. The Morgan fingerprint density at radius 3 is 2.14 bits per heavy atom. The van der Waals surface area contributed by atoms with Gasteiger partial charge in [-0.25, -0.2) is 8.42 Å². The van der Waals surface area contributed by atoms with E-state index in [1.54, 1.807) is 0 Å². The van der Waals surface area contributed by atoms with Crippen molar-refractivity contribution >= 4 is 10.0 Å². The molecule has 5 heteroatoms. The van der Waals surface area contributed by atoms with Crippen LogP contribution >= 0.6 is 0 Å². The predicted molar refractivity (Wildman–Crippen MR) is 83.9 cm³/mol. The highest BCUT2D eigenvalue weighted by molar-refractivity contribution is 7.89. The lowest BCUT2D eigenvalue weighted by Gasteiger charge is -2.34. The Morgan fingerprint density at radius 1 is 1.14 bits per heavy atom. The first-order valence-corrected chi connectivity index (χ1v) is 8.86. The van der Waals surface area contributed by atoms with E-state index in [2.05, 4.69) is 0 Å². The highest BCUT2D eigenvalue weighted by atomic mass is 32.2. The molecule has 2 unspecified atom stereocenters. The minimum absolute atomic E-state index is 0.0277. The van der Waals surface area contributed by atoms with E-state index in [1.165, 1.54) is 4.31 Å².